The molecule has 3 aliphatic rings. The lowest BCUT2D eigenvalue weighted by atomic mass is 9.60. The predicted molar refractivity (Wildman–Crippen MR) is 45.1 cm³/mol. The summed E-state index contributed by atoms with van der Waals surface area (Å²) < 4.78 is 0. The van der Waals surface area contributed by atoms with Gasteiger partial charge in [-0.25, -0.2) is 0 Å². The predicted octanol–water partition coefficient (Wildman–Crippen LogP) is 1.47. The third-order valence-electron chi connectivity index (χ3n) is 3.31. The van der Waals surface area contributed by atoms with Crippen molar-refractivity contribution in [2.75, 3.05) is 6.61 Å². The highest BCUT2D eigenvalue weighted by Crippen LogP contribution is 2.48. The zero-order valence-electron chi connectivity index (χ0n) is 7.03. The van der Waals surface area contributed by atoms with E-state index in [4.69, 9.17) is 5.26 Å². The van der Waals surface area contributed by atoms with Crippen LogP contribution in [0.3, 0.4) is 0 Å². The molecular weight excluding hydrogens is 150 g/mol. The highest BCUT2D eigenvalue weighted by Gasteiger charge is 2.44. The summed E-state index contributed by atoms with van der Waals surface area (Å²) in [5, 5.41) is 18.2. The highest BCUT2D eigenvalue weighted by atomic mass is 16.3. The maximum absolute atomic E-state index is 9.21. The zero-order valence-corrected chi connectivity index (χ0v) is 7.03. The first-order valence-corrected chi connectivity index (χ1v) is 4.51. The molecule has 2 nitrogen and oxygen atoms in total. The molecule has 0 radical (unpaired) electrons. The third-order valence-corrected chi connectivity index (χ3v) is 3.31. The van der Waals surface area contributed by atoms with Gasteiger partial charge in [0.2, 0.25) is 0 Å². The summed E-state index contributed by atoms with van der Waals surface area (Å²) in [5.74, 6) is 0.847. The molecule has 0 amide bonds. The van der Waals surface area contributed by atoms with Crippen LogP contribution in [-0.2, 0) is 0 Å². The van der Waals surface area contributed by atoms with Crippen molar-refractivity contribution in [1.29, 1.82) is 5.26 Å². The van der Waals surface area contributed by atoms with E-state index in [1.165, 1.54) is 6.42 Å². The Bertz CT molecular complexity index is 253. The fraction of sp³-hybridized carbons (Fsp3) is 0.700. The topological polar surface area (TPSA) is 44.0 Å². The van der Waals surface area contributed by atoms with Crippen LogP contribution >= 0.6 is 0 Å². The van der Waals surface area contributed by atoms with E-state index in [9.17, 15) is 5.11 Å². The van der Waals surface area contributed by atoms with Gasteiger partial charge in [-0.2, -0.15) is 5.26 Å². The van der Waals surface area contributed by atoms with Crippen molar-refractivity contribution in [2.24, 2.45) is 17.3 Å². The minimum Gasteiger partial charge on any atom is -0.395 e. The average Bonchev–Trinajstić information content (AvgIpc) is 2.19. The van der Waals surface area contributed by atoms with Gasteiger partial charge >= 0.3 is 0 Å². The molecule has 64 valence electrons. The zero-order chi connectivity index (χ0) is 8.60. The Morgan fingerprint density at radius 1 is 1.50 bits per heavy atom. The van der Waals surface area contributed by atoms with Gasteiger partial charge in [-0.3, -0.25) is 0 Å². The van der Waals surface area contributed by atoms with Gasteiger partial charge in [-0.1, -0.05) is 12.2 Å². The molecule has 1 saturated carbocycles. The normalized spacial score (nSPS) is 44.3. The number of allylic oxidation sites excluding steroid dienone is 2. The minimum absolute atomic E-state index is 0.0228. The van der Waals surface area contributed by atoms with Crippen molar-refractivity contribution < 1.29 is 5.11 Å². The summed E-state index contributed by atoms with van der Waals surface area (Å²) in [6, 6.07) is 2.30. The number of hydrogen-bond donors (Lipinski definition) is 1. The largest absolute Gasteiger partial charge is 0.395 e. The Hall–Kier alpha value is -0.810. The first kappa shape index (κ1) is 7.82. The molecule has 3 unspecified atom stereocenters. The number of nitrogens with zero attached hydrogens (tertiary/aromatic N) is 1. The van der Waals surface area contributed by atoms with Crippen LogP contribution in [-0.4, -0.2) is 11.7 Å². The molecule has 1 fully saturated rings. The van der Waals surface area contributed by atoms with Crippen LogP contribution in [0.15, 0.2) is 12.2 Å². The van der Waals surface area contributed by atoms with E-state index in [0.717, 1.165) is 12.8 Å². The van der Waals surface area contributed by atoms with Gasteiger partial charge in [-0.05, 0) is 31.1 Å². The Morgan fingerprint density at radius 2 is 2.33 bits per heavy atom. The highest BCUT2D eigenvalue weighted by molar-refractivity contribution is 5.18. The number of hydrogen-bond acceptors (Lipinski definition) is 2. The van der Waals surface area contributed by atoms with Gasteiger partial charge in [0.1, 0.15) is 0 Å². The third kappa shape index (κ3) is 0.899. The molecule has 3 aliphatic carbocycles. The second kappa shape index (κ2) is 2.60. The Balaban J connectivity index is 2.31. The van der Waals surface area contributed by atoms with Crippen molar-refractivity contribution in [1.82, 2.24) is 0 Å². The molecule has 0 spiro atoms. The summed E-state index contributed by atoms with van der Waals surface area (Å²) >= 11 is 0. The van der Waals surface area contributed by atoms with Gasteiger partial charge in [-0.15, -0.1) is 0 Å². The molecule has 2 heteroatoms. The van der Waals surface area contributed by atoms with Crippen molar-refractivity contribution in [3.05, 3.63) is 12.2 Å². The molecule has 3 rings (SSSR count). The number of rotatable bonds is 1. The molecule has 0 aromatic heterocycles. The fourth-order valence-electron chi connectivity index (χ4n) is 2.47. The standard InChI is InChI=1S/C10H13NO/c11-6-10(7-12)5-8-1-3-9(10)4-2-8/h1,3,8-9,12H,2,4-5,7H2. The lowest BCUT2D eigenvalue weighted by molar-refractivity contribution is 0.0701. The van der Waals surface area contributed by atoms with E-state index in [0.29, 0.717) is 11.8 Å². The van der Waals surface area contributed by atoms with Gasteiger partial charge in [0.25, 0.3) is 0 Å². The summed E-state index contributed by atoms with van der Waals surface area (Å²) in [7, 11) is 0. The van der Waals surface area contributed by atoms with Crippen molar-refractivity contribution >= 4 is 0 Å². The molecular formula is C10H13NO. The SMILES string of the molecule is N#CC1(CO)CC2C=CC1CC2. The van der Waals surface area contributed by atoms with Crippen LogP contribution in [0.5, 0.6) is 0 Å². The van der Waals surface area contributed by atoms with Crippen molar-refractivity contribution in [3.8, 4) is 6.07 Å². The van der Waals surface area contributed by atoms with E-state index >= 15 is 0 Å². The quantitative estimate of drug-likeness (QED) is 0.595. The average molecular weight is 163 g/mol. The first-order valence-electron chi connectivity index (χ1n) is 4.51. The summed E-state index contributed by atoms with van der Waals surface area (Å²) in [6.45, 7) is 0.0228. The van der Waals surface area contributed by atoms with E-state index in [1.54, 1.807) is 0 Å². The number of fused-ring (bicyclic) bond motifs is 2. The Labute approximate surface area is 72.5 Å². The Morgan fingerprint density at radius 3 is 2.58 bits per heavy atom. The van der Waals surface area contributed by atoms with Crippen LogP contribution in [0, 0.1) is 28.6 Å². The maximum atomic E-state index is 9.21. The van der Waals surface area contributed by atoms with Crippen molar-refractivity contribution in [2.45, 2.75) is 19.3 Å². The smallest absolute Gasteiger partial charge is 0.0871 e. The lowest BCUT2D eigenvalue weighted by Crippen LogP contribution is -2.40. The van der Waals surface area contributed by atoms with Gasteiger partial charge in [0.05, 0.1) is 18.1 Å². The fourth-order valence-corrected chi connectivity index (χ4v) is 2.47. The van der Waals surface area contributed by atoms with Crippen LogP contribution < -0.4 is 0 Å². The number of aliphatic hydroxyl groups is 1. The van der Waals surface area contributed by atoms with Crippen LogP contribution in [0.25, 0.3) is 0 Å². The number of aliphatic hydroxyl groups excluding tert-OH is 1. The molecule has 0 aromatic rings. The molecule has 12 heavy (non-hydrogen) atoms. The van der Waals surface area contributed by atoms with Crippen molar-refractivity contribution in [3.63, 3.8) is 0 Å². The number of nitriles is 1. The van der Waals surface area contributed by atoms with Crippen LogP contribution in [0.4, 0.5) is 0 Å². The van der Waals surface area contributed by atoms with Gasteiger partial charge in [0.15, 0.2) is 0 Å². The molecule has 3 atom stereocenters. The van der Waals surface area contributed by atoms with E-state index in [2.05, 4.69) is 18.2 Å². The molecule has 1 N–H and O–H groups in total. The van der Waals surface area contributed by atoms with Crippen LogP contribution in [0.1, 0.15) is 19.3 Å². The van der Waals surface area contributed by atoms with Gasteiger partial charge < -0.3 is 5.11 Å². The molecule has 0 aromatic carbocycles. The molecule has 0 aliphatic heterocycles. The minimum atomic E-state index is -0.447. The maximum Gasteiger partial charge on any atom is 0.0871 e. The Kier molecular flexibility index (Phi) is 1.69. The first-order chi connectivity index (χ1) is 5.80. The monoisotopic (exact) mass is 163 g/mol. The van der Waals surface area contributed by atoms with E-state index < -0.39 is 5.41 Å². The van der Waals surface area contributed by atoms with E-state index in [-0.39, 0.29) is 6.61 Å². The second-order valence-electron chi connectivity index (χ2n) is 3.96. The van der Waals surface area contributed by atoms with Gasteiger partial charge in [0, 0.05) is 0 Å². The molecule has 0 saturated heterocycles. The summed E-state index contributed by atoms with van der Waals surface area (Å²) in [4.78, 5) is 0. The van der Waals surface area contributed by atoms with Crippen LogP contribution in [0.2, 0.25) is 0 Å². The summed E-state index contributed by atoms with van der Waals surface area (Å²) in [5.41, 5.74) is -0.447. The molecule has 0 heterocycles. The van der Waals surface area contributed by atoms with E-state index in [1.807, 2.05) is 0 Å². The lowest BCUT2D eigenvalue weighted by Gasteiger charge is -2.42. The molecule has 2 bridgehead atoms. The summed E-state index contributed by atoms with van der Waals surface area (Å²) in [6.07, 6.45) is 7.47. The second-order valence-corrected chi connectivity index (χ2v) is 3.96.